The number of pyridine rings is 1. The van der Waals surface area contributed by atoms with Crippen LogP contribution in [-0.4, -0.2) is 67.4 Å². The van der Waals surface area contributed by atoms with Gasteiger partial charge in [0.25, 0.3) is 0 Å². The number of carbonyl (C=O) groups is 2. The first-order valence-electron chi connectivity index (χ1n) is 9.01. The zero-order valence-electron chi connectivity index (χ0n) is 16.0. The van der Waals surface area contributed by atoms with E-state index in [4.69, 9.17) is 0 Å². The zero-order chi connectivity index (χ0) is 18.3. The number of rotatable bonds is 7. The summed E-state index contributed by atoms with van der Waals surface area (Å²) in [6.07, 6.45) is 7.99. The molecule has 0 aliphatic carbocycles. The monoisotopic (exact) mass is 382 g/mol. The van der Waals surface area contributed by atoms with E-state index in [0.717, 1.165) is 38.6 Å². The van der Waals surface area contributed by atoms with E-state index in [2.05, 4.69) is 10.3 Å². The van der Waals surface area contributed by atoms with Crippen molar-refractivity contribution >= 4 is 24.2 Å². The molecule has 146 valence electrons. The van der Waals surface area contributed by atoms with E-state index < -0.39 is 5.41 Å². The highest BCUT2D eigenvalue weighted by Gasteiger charge is 2.43. The van der Waals surface area contributed by atoms with E-state index in [1.54, 1.807) is 38.4 Å². The molecule has 0 saturated carbocycles. The van der Waals surface area contributed by atoms with Gasteiger partial charge in [0, 0.05) is 39.6 Å². The van der Waals surface area contributed by atoms with Gasteiger partial charge in [-0.3, -0.25) is 14.6 Å². The van der Waals surface area contributed by atoms with E-state index in [-0.39, 0.29) is 24.2 Å². The number of aromatic nitrogens is 1. The molecule has 1 aromatic rings. The summed E-state index contributed by atoms with van der Waals surface area (Å²) in [6, 6.07) is 4.04. The van der Waals surface area contributed by atoms with E-state index in [0.29, 0.717) is 13.1 Å². The number of likely N-dealkylation sites (N-methyl/N-ethyl adjacent to an activating group) is 1. The number of likely N-dealkylation sites (tertiary alicyclic amines) is 1. The van der Waals surface area contributed by atoms with Crippen LogP contribution >= 0.6 is 12.4 Å². The van der Waals surface area contributed by atoms with E-state index >= 15 is 0 Å². The summed E-state index contributed by atoms with van der Waals surface area (Å²) in [7, 11) is 5.39. The summed E-state index contributed by atoms with van der Waals surface area (Å²) in [5.74, 6) is 0.219. The quantitative estimate of drug-likeness (QED) is 0.780. The topological polar surface area (TPSA) is 65.5 Å². The Morgan fingerprint density at radius 1 is 1.31 bits per heavy atom. The van der Waals surface area contributed by atoms with Gasteiger partial charge in [0.05, 0.1) is 12.0 Å². The third-order valence-corrected chi connectivity index (χ3v) is 4.99. The number of nitrogens with zero attached hydrogens (tertiary/aromatic N) is 3. The van der Waals surface area contributed by atoms with E-state index in [9.17, 15) is 9.59 Å². The van der Waals surface area contributed by atoms with Crippen LogP contribution in [0.3, 0.4) is 0 Å². The fraction of sp³-hybridized carbons (Fsp3) is 0.632. The molecule has 6 nitrogen and oxygen atoms in total. The lowest BCUT2D eigenvalue weighted by molar-refractivity contribution is -0.147. The largest absolute Gasteiger partial charge is 0.348 e. The number of piperidine rings is 1. The van der Waals surface area contributed by atoms with Gasteiger partial charge in [0.2, 0.25) is 11.8 Å². The van der Waals surface area contributed by atoms with Gasteiger partial charge in [0.15, 0.2) is 0 Å². The molecule has 2 amide bonds. The number of hydrogen-bond acceptors (Lipinski definition) is 4. The summed E-state index contributed by atoms with van der Waals surface area (Å²) in [6.45, 7) is 1.59. The Balaban J connectivity index is 0.00000338. The lowest BCUT2D eigenvalue weighted by atomic mass is 9.74. The first-order valence-corrected chi connectivity index (χ1v) is 9.01. The summed E-state index contributed by atoms with van der Waals surface area (Å²) >= 11 is 0. The Bertz CT molecular complexity index is 582. The van der Waals surface area contributed by atoms with Crippen LogP contribution in [0.5, 0.6) is 0 Å². The van der Waals surface area contributed by atoms with E-state index in [1.807, 2.05) is 17.0 Å². The Kier molecular flexibility index (Phi) is 9.02. The molecule has 1 aromatic heterocycles. The average molecular weight is 383 g/mol. The molecule has 0 radical (unpaired) electrons. The SMILES string of the molecule is CNCC(=O)N1CCCC(CCCc2ccncc2)(C(=O)N(C)C)C1.Cl. The van der Waals surface area contributed by atoms with Crippen molar-refractivity contribution in [3.8, 4) is 0 Å². The van der Waals surface area contributed by atoms with Crippen LogP contribution in [0.1, 0.15) is 31.2 Å². The van der Waals surface area contributed by atoms with Crippen molar-refractivity contribution in [2.45, 2.75) is 32.1 Å². The number of hydrogen-bond donors (Lipinski definition) is 1. The first-order chi connectivity index (χ1) is 12.0. The second-order valence-electron chi connectivity index (χ2n) is 7.14. The highest BCUT2D eigenvalue weighted by atomic mass is 35.5. The smallest absolute Gasteiger partial charge is 0.236 e. The van der Waals surface area contributed by atoms with Crippen LogP contribution in [0.25, 0.3) is 0 Å². The number of halogens is 1. The van der Waals surface area contributed by atoms with Crippen molar-refractivity contribution < 1.29 is 9.59 Å². The lowest BCUT2D eigenvalue weighted by Gasteiger charge is -2.43. The minimum Gasteiger partial charge on any atom is -0.348 e. The van der Waals surface area contributed by atoms with Gasteiger partial charge in [-0.15, -0.1) is 12.4 Å². The molecule has 1 saturated heterocycles. The third kappa shape index (κ3) is 5.68. The molecule has 1 aliphatic heterocycles. The molecule has 0 spiro atoms. The maximum absolute atomic E-state index is 13.0. The number of carbonyl (C=O) groups excluding carboxylic acids is 2. The normalized spacial score (nSPS) is 19.6. The van der Waals surface area contributed by atoms with Crippen LogP contribution < -0.4 is 5.32 Å². The fourth-order valence-corrected chi connectivity index (χ4v) is 3.75. The maximum atomic E-state index is 13.0. The molecular weight excluding hydrogens is 352 g/mol. The van der Waals surface area contributed by atoms with E-state index in [1.165, 1.54) is 5.56 Å². The summed E-state index contributed by atoms with van der Waals surface area (Å²) in [5, 5.41) is 2.92. The van der Waals surface area contributed by atoms with Gasteiger partial charge in [0.1, 0.15) is 0 Å². The van der Waals surface area contributed by atoms with Crippen molar-refractivity contribution in [3.05, 3.63) is 30.1 Å². The van der Waals surface area contributed by atoms with Gasteiger partial charge in [-0.1, -0.05) is 0 Å². The second kappa shape index (κ2) is 10.5. The fourth-order valence-electron chi connectivity index (χ4n) is 3.75. The molecule has 0 aromatic carbocycles. The van der Waals surface area contributed by atoms with Crippen LogP contribution in [0, 0.1) is 5.41 Å². The molecule has 2 heterocycles. The number of aryl methyl sites for hydroxylation is 1. The molecule has 0 bridgehead atoms. The predicted molar refractivity (Wildman–Crippen MR) is 105 cm³/mol. The predicted octanol–water partition coefficient (Wildman–Crippen LogP) is 1.74. The van der Waals surface area contributed by atoms with Crippen molar-refractivity contribution in [1.82, 2.24) is 20.1 Å². The van der Waals surface area contributed by atoms with Crippen LogP contribution in [-0.2, 0) is 16.0 Å². The second-order valence-corrected chi connectivity index (χ2v) is 7.14. The molecule has 1 atom stereocenters. The van der Waals surface area contributed by atoms with Crippen molar-refractivity contribution in [2.75, 3.05) is 40.8 Å². The molecule has 7 heteroatoms. The third-order valence-electron chi connectivity index (χ3n) is 4.99. The summed E-state index contributed by atoms with van der Waals surface area (Å²) in [5.41, 5.74) is 0.777. The molecule has 26 heavy (non-hydrogen) atoms. The highest BCUT2D eigenvalue weighted by Crippen LogP contribution is 2.37. The van der Waals surface area contributed by atoms with Crippen molar-refractivity contribution in [3.63, 3.8) is 0 Å². The zero-order valence-corrected chi connectivity index (χ0v) is 16.8. The van der Waals surface area contributed by atoms with Crippen LogP contribution in [0.4, 0.5) is 0 Å². The molecule has 2 rings (SSSR count). The Morgan fingerprint density at radius 3 is 2.62 bits per heavy atom. The van der Waals surface area contributed by atoms with Gasteiger partial charge < -0.3 is 15.1 Å². The van der Waals surface area contributed by atoms with Gasteiger partial charge >= 0.3 is 0 Å². The van der Waals surface area contributed by atoms with Crippen molar-refractivity contribution in [1.29, 1.82) is 0 Å². The number of nitrogens with one attached hydrogen (secondary N) is 1. The van der Waals surface area contributed by atoms with Crippen LogP contribution in [0.15, 0.2) is 24.5 Å². The van der Waals surface area contributed by atoms with Crippen molar-refractivity contribution in [2.24, 2.45) is 5.41 Å². The Hall–Kier alpha value is -1.66. The molecule has 1 aliphatic rings. The maximum Gasteiger partial charge on any atom is 0.236 e. The summed E-state index contributed by atoms with van der Waals surface area (Å²) in [4.78, 5) is 32.8. The van der Waals surface area contributed by atoms with Gasteiger partial charge in [-0.2, -0.15) is 0 Å². The van der Waals surface area contributed by atoms with Crippen LogP contribution in [0.2, 0.25) is 0 Å². The molecular formula is C19H31ClN4O2. The lowest BCUT2D eigenvalue weighted by Crippen LogP contribution is -2.54. The molecule has 1 N–H and O–H groups in total. The van der Waals surface area contributed by atoms with Gasteiger partial charge in [-0.25, -0.2) is 0 Å². The number of amides is 2. The Labute approximate surface area is 162 Å². The minimum atomic E-state index is -0.460. The Morgan fingerprint density at radius 2 is 2.00 bits per heavy atom. The standard InChI is InChI=1S/C19H30N4O2.ClH/c1-20-14-17(24)23-13-5-10-19(15-23,18(25)22(2)3)9-4-6-16-7-11-21-12-8-16;/h7-8,11-12,20H,4-6,9-10,13-15H2,1-3H3;1H. The average Bonchev–Trinajstić information content (AvgIpc) is 2.62. The highest BCUT2D eigenvalue weighted by molar-refractivity contribution is 5.85. The van der Waals surface area contributed by atoms with Gasteiger partial charge in [-0.05, 0) is 56.8 Å². The minimum absolute atomic E-state index is 0. The molecule has 1 unspecified atom stereocenters. The molecule has 1 fully saturated rings. The summed E-state index contributed by atoms with van der Waals surface area (Å²) < 4.78 is 0. The first kappa shape index (κ1) is 22.4.